The van der Waals surface area contributed by atoms with Gasteiger partial charge >= 0.3 is 0 Å². The molecule has 0 aromatic heterocycles. The predicted octanol–water partition coefficient (Wildman–Crippen LogP) is 4.40. The smallest absolute Gasteiger partial charge is 0.00142 e. The molecule has 0 aliphatic rings. The molecule has 0 aliphatic carbocycles. The van der Waals surface area contributed by atoms with Crippen LogP contribution in [0.4, 0.5) is 0 Å². The Morgan fingerprint density at radius 2 is 1.48 bits per heavy atom. The molecule has 2 rings (SSSR count). The van der Waals surface area contributed by atoms with E-state index in [0.29, 0.717) is 5.92 Å². The molecule has 2 aromatic carbocycles. The van der Waals surface area contributed by atoms with Crippen molar-refractivity contribution in [2.75, 3.05) is 13.1 Å². The first kappa shape index (κ1) is 15.8. The molecule has 0 saturated heterocycles. The first-order valence-corrected chi connectivity index (χ1v) is 8.08. The molecule has 0 radical (unpaired) electrons. The van der Waals surface area contributed by atoms with E-state index in [4.69, 9.17) is 0 Å². The fourth-order valence-electron chi connectivity index (χ4n) is 2.70. The van der Waals surface area contributed by atoms with Gasteiger partial charge in [0.2, 0.25) is 0 Å². The fourth-order valence-corrected chi connectivity index (χ4v) is 2.70. The SMILES string of the molecule is CCCNCC(Cc1ccccc1)Cc1ccc(C)cc1. The summed E-state index contributed by atoms with van der Waals surface area (Å²) in [6.45, 7) is 6.57. The Morgan fingerprint density at radius 3 is 2.10 bits per heavy atom. The third-order valence-corrected chi connectivity index (χ3v) is 3.87. The highest BCUT2D eigenvalue weighted by atomic mass is 14.8. The van der Waals surface area contributed by atoms with Crippen LogP contribution in [0.25, 0.3) is 0 Å². The van der Waals surface area contributed by atoms with E-state index >= 15 is 0 Å². The molecule has 0 saturated carbocycles. The minimum Gasteiger partial charge on any atom is -0.316 e. The molecule has 0 fully saturated rings. The Bertz CT molecular complexity index is 501. The van der Waals surface area contributed by atoms with E-state index in [1.54, 1.807) is 0 Å². The molecule has 21 heavy (non-hydrogen) atoms. The van der Waals surface area contributed by atoms with E-state index in [1.165, 1.54) is 23.1 Å². The summed E-state index contributed by atoms with van der Waals surface area (Å²) in [5.41, 5.74) is 4.22. The van der Waals surface area contributed by atoms with Crippen LogP contribution in [0.3, 0.4) is 0 Å². The number of hydrogen-bond donors (Lipinski definition) is 1. The maximum Gasteiger partial charge on any atom is -0.00142 e. The minimum atomic E-state index is 0.654. The Hall–Kier alpha value is -1.60. The van der Waals surface area contributed by atoms with Crippen molar-refractivity contribution in [1.29, 1.82) is 0 Å². The van der Waals surface area contributed by atoms with Gasteiger partial charge in [-0.2, -0.15) is 0 Å². The van der Waals surface area contributed by atoms with Crippen LogP contribution in [-0.2, 0) is 12.8 Å². The molecular weight excluding hydrogens is 254 g/mol. The highest BCUT2D eigenvalue weighted by Gasteiger charge is 2.10. The van der Waals surface area contributed by atoms with Gasteiger partial charge in [-0.25, -0.2) is 0 Å². The highest BCUT2D eigenvalue weighted by Crippen LogP contribution is 2.15. The number of rotatable bonds is 8. The van der Waals surface area contributed by atoms with Crippen molar-refractivity contribution in [3.05, 3.63) is 71.3 Å². The topological polar surface area (TPSA) is 12.0 Å². The zero-order valence-electron chi connectivity index (χ0n) is 13.3. The molecule has 1 N–H and O–H groups in total. The molecular formula is C20H27N. The summed E-state index contributed by atoms with van der Waals surface area (Å²) in [6, 6.07) is 19.8. The van der Waals surface area contributed by atoms with Crippen LogP contribution < -0.4 is 5.32 Å². The van der Waals surface area contributed by atoms with Gasteiger partial charge < -0.3 is 5.32 Å². The normalized spacial score (nSPS) is 12.3. The second kappa shape index (κ2) is 8.63. The van der Waals surface area contributed by atoms with E-state index in [1.807, 2.05) is 0 Å². The molecule has 0 amide bonds. The highest BCUT2D eigenvalue weighted by molar-refractivity contribution is 5.22. The molecule has 0 heterocycles. The van der Waals surface area contributed by atoms with Gasteiger partial charge in [-0.1, -0.05) is 67.1 Å². The van der Waals surface area contributed by atoms with Gasteiger partial charge in [-0.3, -0.25) is 0 Å². The predicted molar refractivity (Wildman–Crippen MR) is 91.7 cm³/mol. The van der Waals surface area contributed by atoms with Crippen LogP contribution >= 0.6 is 0 Å². The molecule has 1 unspecified atom stereocenters. The van der Waals surface area contributed by atoms with Gasteiger partial charge in [0.15, 0.2) is 0 Å². The lowest BCUT2D eigenvalue weighted by molar-refractivity contribution is 0.471. The summed E-state index contributed by atoms with van der Waals surface area (Å²) in [7, 11) is 0. The largest absolute Gasteiger partial charge is 0.316 e. The maximum atomic E-state index is 3.59. The number of hydrogen-bond acceptors (Lipinski definition) is 1. The maximum absolute atomic E-state index is 3.59. The van der Waals surface area contributed by atoms with Crippen molar-refractivity contribution in [3.8, 4) is 0 Å². The second-order valence-electron chi connectivity index (χ2n) is 5.95. The quantitative estimate of drug-likeness (QED) is 0.707. The van der Waals surface area contributed by atoms with Gasteiger partial charge in [0.1, 0.15) is 0 Å². The van der Waals surface area contributed by atoms with Gasteiger partial charge in [0, 0.05) is 0 Å². The average molecular weight is 281 g/mol. The Balaban J connectivity index is 1.99. The molecule has 112 valence electrons. The third-order valence-electron chi connectivity index (χ3n) is 3.87. The van der Waals surface area contributed by atoms with Gasteiger partial charge in [0.25, 0.3) is 0 Å². The fraction of sp³-hybridized carbons (Fsp3) is 0.400. The Kier molecular flexibility index (Phi) is 6.49. The lowest BCUT2D eigenvalue weighted by Gasteiger charge is -2.18. The van der Waals surface area contributed by atoms with Crippen molar-refractivity contribution in [3.63, 3.8) is 0 Å². The first-order valence-electron chi connectivity index (χ1n) is 8.08. The van der Waals surface area contributed by atoms with E-state index in [9.17, 15) is 0 Å². The molecule has 1 atom stereocenters. The van der Waals surface area contributed by atoms with E-state index in [2.05, 4.69) is 73.8 Å². The summed E-state index contributed by atoms with van der Waals surface area (Å²) in [4.78, 5) is 0. The van der Waals surface area contributed by atoms with Crippen LogP contribution in [0.5, 0.6) is 0 Å². The van der Waals surface area contributed by atoms with Gasteiger partial charge in [0.05, 0.1) is 0 Å². The zero-order valence-corrected chi connectivity index (χ0v) is 13.3. The van der Waals surface area contributed by atoms with Gasteiger partial charge in [-0.15, -0.1) is 0 Å². The van der Waals surface area contributed by atoms with Crippen LogP contribution in [0.15, 0.2) is 54.6 Å². The minimum absolute atomic E-state index is 0.654. The van der Waals surface area contributed by atoms with Crippen LogP contribution in [0, 0.1) is 12.8 Å². The number of aryl methyl sites for hydroxylation is 1. The lowest BCUT2D eigenvalue weighted by Crippen LogP contribution is -2.26. The Labute approximate surface area is 129 Å². The van der Waals surface area contributed by atoms with Crippen molar-refractivity contribution >= 4 is 0 Å². The number of benzene rings is 2. The van der Waals surface area contributed by atoms with E-state index < -0.39 is 0 Å². The van der Waals surface area contributed by atoms with Crippen molar-refractivity contribution < 1.29 is 0 Å². The summed E-state index contributed by atoms with van der Waals surface area (Å²) in [5.74, 6) is 0.654. The van der Waals surface area contributed by atoms with E-state index in [0.717, 1.165) is 25.9 Å². The third kappa shape index (κ3) is 5.73. The monoisotopic (exact) mass is 281 g/mol. The zero-order chi connectivity index (χ0) is 14.9. The van der Waals surface area contributed by atoms with Crippen molar-refractivity contribution in [2.24, 2.45) is 5.92 Å². The summed E-state index contributed by atoms with van der Waals surface area (Å²) >= 11 is 0. The first-order chi connectivity index (χ1) is 10.3. The van der Waals surface area contributed by atoms with Crippen molar-refractivity contribution in [1.82, 2.24) is 5.32 Å². The molecule has 1 nitrogen and oxygen atoms in total. The second-order valence-corrected chi connectivity index (χ2v) is 5.95. The van der Waals surface area contributed by atoms with Crippen LogP contribution in [0.2, 0.25) is 0 Å². The van der Waals surface area contributed by atoms with Crippen LogP contribution in [0.1, 0.15) is 30.0 Å². The standard InChI is InChI=1S/C20H27N/c1-3-13-21-16-20(14-18-7-5-4-6-8-18)15-19-11-9-17(2)10-12-19/h4-12,20-21H,3,13-16H2,1-2H3. The van der Waals surface area contributed by atoms with Crippen molar-refractivity contribution in [2.45, 2.75) is 33.1 Å². The molecule has 0 bridgehead atoms. The van der Waals surface area contributed by atoms with Crippen LogP contribution in [-0.4, -0.2) is 13.1 Å². The number of nitrogens with one attached hydrogen (secondary N) is 1. The van der Waals surface area contributed by atoms with E-state index in [-0.39, 0.29) is 0 Å². The Morgan fingerprint density at radius 1 is 0.857 bits per heavy atom. The summed E-state index contributed by atoms with van der Waals surface area (Å²) < 4.78 is 0. The summed E-state index contributed by atoms with van der Waals surface area (Å²) in [6.07, 6.45) is 3.49. The average Bonchev–Trinajstić information content (AvgIpc) is 2.51. The summed E-state index contributed by atoms with van der Waals surface area (Å²) in [5, 5.41) is 3.59. The van der Waals surface area contributed by atoms with Gasteiger partial charge in [-0.05, 0) is 56.3 Å². The lowest BCUT2D eigenvalue weighted by atomic mass is 9.92. The molecule has 0 aliphatic heterocycles. The molecule has 1 heteroatoms. The molecule has 0 spiro atoms. The molecule has 2 aromatic rings.